The summed E-state index contributed by atoms with van der Waals surface area (Å²) < 4.78 is 10.8. The molecule has 0 aromatic carbocycles. The predicted molar refractivity (Wildman–Crippen MR) is 108 cm³/mol. The Balaban J connectivity index is 1.28. The lowest BCUT2D eigenvalue weighted by Crippen LogP contribution is -2.37. The fourth-order valence-corrected chi connectivity index (χ4v) is 3.89. The van der Waals surface area contributed by atoms with Crippen molar-refractivity contribution in [2.45, 2.75) is 19.5 Å². The van der Waals surface area contributed by atoms with E-state index in [1.54, 1.807) is 18.4 Å². The predicted octanol–water partition coefficient (Wildman–Crippen LogP) is 1.82. The maximum Gasteiger partial charge on any atom is 0.256 e. The van der Waals surface area contributed by atoms with Crippen LogP contribution in [0.2, 0.25) is 0 Å². The van der Waals surface area contributed by atoms with E-state index in [0.717, 1.165) is 68.5 Å². The van der Waals surface area contributed by atoms with Gasteiger partial charge in [-0.15, -0.1) is 0 Å². The van der Waals surface area contributed by atoms with Gasteiger partial charge in [0.05, 0.1) is 30.7 Å². The number of rotatable bonds is 4. The second-order valence-electron chi connectivity index (χ2n) is 7.40. The Hall–Kier alpha value is -2.97. The molecule has 1 saturated heterocycles. The second kappa shape index (κ2) is 7.81. The molecule has 1 N–H and O–H groups in total. The van der Waals surface area contributed by atoms with Crippen molar-refractivity contribution in [1.82, 2.24) is 19.9 Å². The molecule has 2 aliphatic heterocycles. The zero-order chi connectivity index (χ0) is 19.6. The average Bonchev–Trinajstić information content (AvgIpc) is 3.30. The second-order valence-corrected chi connectivity index (χ2v) is 7.40. The number of fused-ring (bicyclic) bond motifs is 1. The third kappa shape index (κ3) is 3.81. The minimum absolute atomic E-state index is 0.0908. The van der Waals surface area contributed by atoms with E-state index >= 15 is 0 Å². The van der Waals surface area contributed by atoms with E-state index in [4.69, 9.17) is 9.15 Å². The van der Waals surface area contributed by atoms with Crippen LogP contribution < -0.4 is 10.5 Å². The molecule has 3 aromatic heterocycles. The molecule has 0 unspecified atom stereocenters. The molecule has 0 amide bonds. The van der Waals surface area contributed by atoms with Gasteiger partial charge in [0.1, 0.15) is 5.82 Å². The minimum atomic E-state index is -0.0908. The summed E-state index contributed by atoms with van der Waals surface area (Å²) in [5.74, 6) is 2.07. The highest BCUT2D eigenvalue weighted by molar-refractivity contribution is 5.47. The Labute approximate surface area is 168 Å². The molecule has 2 aliphatic rings. The minimum Gasteiger partial charge on any atom is -0.461 e. The monoisotopic (exact) mass is 393 g/mol. The number of hydrogen-bond donors (Lipinski definition) is 1. The molecule has 5 rings (SSSR count). The van der Waals surface area contributed by atoms with Crippen molar-refractivity contribution in [3.05, 3.63) is 63.9 Å². The van der Waals surface area contributed by atoms with Gasteiger partial charge in [0.15, 0.2) is 11.6 Å². The van der Waals surface area contributed by atoms with Gasteiger partial charge in [0, 0.05) is 45.3 Å². The SMILES string of the molecule is O=c1[nH]c(-c2ccco2)nc2c1CN(Cc1ccc(N3CCOCC3)nc1)CC2. The first-order valence-electron chi connectivity index (χ1n) is 9.92. The van der Waals surface area contributed by atoms with E-state index in [-0.39, 0.29) is 5.56 Å². The molecule has 3 aromatic rings. The van der Waals surface area contributed by atoms with Crippen LogP contribution in [0.1, 0.15) is 16.8 Å². The number of ether oxygens (including phenoxy) is 1. The van der Waals surface area contributed by atoms with Gasteiger partial charge in [-0.3, -0.25) is 9.69 Å². The van der Waals surface area contributed by atoms with Crippen LogP contribution in [0, 0.1) is 0 Å². The maximum absolute atomic E-state index is 12.6. The lowest BCUT2D eigenvalue weighted by atomic mass is 10.1. The van der Waals surface area contributed by atoms with Crippen LogP contribution in [0.3, 0.4) is 0 Å². The van der Waals surface area contributed by atoms with Crippen LogP contribution in [0.5, 0.6) is 0 Å². The molecule has 8 nitrogen and oxygen atoms in total. The van der Waals surface area contributed by atoms with Gasteiger partial charge < -0.3 is 19.0 Å². The quantitative estimate of drug-likeness (QED) is 0.723. The molecule has 0 aliphatic carbocycles. The van der Waals surface area contributed by atoms with Crippen molar-refractivity contribution in [2.24, 2.45) is 0 Å². The molecule has 0 atom stereocenters. The molecule has 29 heavy (non-hydrogen) atoms. The molecular formula is C21H23N5O3. The highest BCUT2D eigenvalue weighted by Crippen LogP contribution is 2.21. The fourth-order valence-electron chi connectivity index (χ4n) is 3.89. The van der Waals surface area contributed by atoms with Crippen molar-refractivity contribution >= 4 is 5.82 Å². The fraction of sp³-hybridized carbons (Fsp3) is 0.381. The number of morpholine rings is 1. The third-order valence-electron chi connectivity index (χ3n) is 5.45. The van der Waals surface area contributed by atoms with Crippen molar-refractivity contribution in [3.8, 4) is 11.6 Å². The smallest absolute Gasteiger partial charge is 0.256 e. The number of nitrogens with one attached hydrogen (secondary N) is 1. The first kappa shape index (κ1) is 18.1. The van der Waals surface area contributed by atoms with Crippen LogP contribution in [-0.4, -0.2) is 52.7 Å². The Morgan fingerprint density at radius 1 is 1.14 bits per heavy atom. The highest BCUT2D eigenvalue weighted by Gasteiger charge is 2.22. The summed E-state index contributed by atoms with van der Waals surface area (Å²) >= 11 is 0. The molecule has 0 saturated carbocycles. The van der Waals surface area contributed by atoms with E-state index in [0.29, 0.717) is 18.1 Å². The number of aromatic amines is 1. The first-order valence-corrected chi connectivity index (χ1v) is 9.92. The molecule has 5 heterocycles. The maximum atomic E-state index is 12.6. The number of H-pyrrole nitrogens is 1. The molecule has 1 fully saturated rings. The summed E-state index contributed by atoms with van der Waals surface area (Å²) in [6, 6.07) is 7.78. The van der Waals surface area contributed by atoms with Gasteiger partial charge in [-0.25, -0.2) is 9.97 Å². The zero-order valence-electron chi connectivity index (χ0n) is 16.1. The van der Waals surface area contributed by atoms with Crippen molar-refractivity contribution in [1.29, 1.82) is 0 Å². The number of nitrogens with zero attached hydrogens (tertiary/aromatic N) is 4. The van der Waals surface area contributed by atoms with Gasteiger partial charge >= 0.3 is 0 Å². The highest BCUT2D eigenvalue weighted by atomic mass is 16.5. The van der Waals surface area contributed by atoms with Crippen molar-refractivity contribution in [3.63, 3.8) is 0 Å². The molecule has 8 heteroatoms. The Bertz CT molecular complexity index is 1020. The van der Waals surface area contributed by atoms with Crippen LogP contribution >= 0.6 is 0 Å². The van der Waals surface area contributed by atoms with E-state index in [9.17, 15) is 4.79 Å². The lowest BCUT2D eigenvalue weighted by molar-refractivity contribution is 0.122. The van der Waals surface area contributed by atoms with Crippen LogP contribution in [-0.2, 0) is 24.2 Å². The number of hydrogen-bond acceptors (Lipinski definition) is 7. The summed E-state index contributed by atoms with van der Waals surface area (Å²) in [5.41, 5.74) is 2.65. The summed E-state index contributed by atoms with van der Waals surface area (Å²) in [6.45, 7) is 5.46. The van der Waals surface area contributed by atoms with Crippen molar-refractivity contribution < 1.29 is 9.15 Å². The topological polar surface area (TPSA) is 87.5 Å². The Morgan fingerprint density at radius 2 is 2.03 bits per heavy atom. The first-order chi connectivity index (χ1) is 14.3. The Morgan fingerprint density at radius 3 is 2.79 bits per heavy atom. The number of aromatic nitrogens is 3. The van der Waals surface area contributed by atoms with Gasteiger partial charge in [-0.2, -0.15) is 0 Å². The van der Waals surface area contributed by atoms with Gasteiger partial charge in [-0.1, -0.05) is 6.07 Å². The van der Waals surface area contributed by atoms with E-state index in [1.165, 1.54) is 0 Å². The number of anilines is 1. The molecule has 0 radical (unpaired) electrons. The largest absolute Gasteiger partial charge is 0.461 e. The van der Waals surface area contributed by atoms with Crippen LogP contribution in [0.25, 0.3) is 11.6 Å². The van der Waals surface area contributed by atoms with Gasteiger partial charge in [0.25, 0.3) is 5.56 Å². The average molecular weight is 393 g/mol. The normalized spacial score (nSPS) is 17.3. The van der Waals surface area contributed by atoms with E-state index in [2.05, 4.69) is 36.9 Å². The molecule has 150 valence electrons. The summed E-state index contributed by atoms with van der Waals surface area (Å²) in [4.78, 5) is 29.2. The van der Waals surface area contributed by atoms with Crippen molar-refractivity contribution in [2.75, 3.05) is 37.7 Å². The molecule has 0 spiro atoms. The zero-order valence-corrected chi connectivity index (χ0v) is 16.1. The summed E-state index contributed by atoms with van der Waals surface area (Å²) in [5, 5.41) is 0. The summed E-state index contributed by atoms with van der Waals surface area (Å²) in [6.07, 6.45) is 4.25. The summed E-state index contributed by atoms with van der Waals surface area (Å²) in [7, 11) is 0. The van der Waals surface area contributed by atoms with Gasteiger partial charge in [0.2, 0.25) is 0 Å². The molecule has 0 bridgehead atoms. The standard InChI is InChI=1S/C21H23N5O3/c27-21-16-14-25(6-5-17(16)23-20(24-21)18-2-1-9-29-18)13-15-3-4-19(22-12-15)26-7-10-28-11-8-26/h1-4,9,12H,5-8,10-11,13-14H2,(H,23,24,27). The van der Waals surface area contributed by atoms with Gasteiger partial charge in [-0.05, 0) is 23.8 Å². The molecular weight excluding hydrogens is 370 g/mol. The van der Waals surface area contributed by atoms with Crippen LogP contribution in [0.4, 0.5) is 5.82 Å². The number of pyridine rings is 1. The van der Waals surface area contributed by atoms with E-state index < -0.39 is 0 Å². The Kier molecular flexibility index (Phi) is 4.87. The third-order valence-corrected chi connectivity index (χ3v) is 5.45. The van der Waals surface area contributed by atoms with E-state index in [1.807, 2.05) is 6.20 Å². The number of furan rings is 1. The lowest BCUT2D eigenvalue weighted by Gasteiger charge is -2.29. The van der Waals surface area contributed by atoms with Crippen LogP contribution in [0.15, 0.2) is 45.9 Å².